The topological polar surface area (TPSA) is 94.8 Å². The number of nitrogens with one attached hydrogen (secondary N) is 1. The lowest BCUT2D eigenvalue weighted by Crippen LogP contribution is -2.31. The smallest absolute Gasteiger partial charge is 0.325 e. The van der Waals surface area contributed by atoms with Crippen molar-refractivity contribution in [2.75, 3.05) is 20.3 Å². The second kappa shape index (κ2) is 7.79. The zero-order chi connectivity index (χ0) is 16.7. The fourth-order valence-electron chi connectivity index (χ4n) is 1.80. The van der Waals surface area contributed by atoms with Crippen LogP contribution in [0.15, 0.2) is 47.1 Å². The number of rotatable bonds is 7. The lowest BCUT2D eigenvalue weighted by molar-refractivity contribution is -0.141. The highest BCUT2D eigenvalue weighted by Crippen LogP contribution is 2.17. The number of esters is 1. The Morgan fingerprint density at radius 2 is 1.91 bits per heavy atom. The van der Waals surface area contributed by atoms with Crippen LogP contribution in [0.5, 0.6) is 5.75 Å². The third-order valence-corrected chi connectivity index (χ3v) is 2.91. The van der Waals surface area contributed by atoms with E-state index in [2.05, 4.69) is 5.32 Å². The lowest BCUT2D eigenvalue weighted by Gasteiger charge is -2.08. The van der Waals surface area contributed by atoms with Gasteiger partial charge in [0.15, 0.2) is 12.4 Å². The number of hydrogen-bond donors (Lipinski definition) is 1. The van der Waals surface area contributed by atoms with E-state index in [4.69, 9.17) is 13.9 Å². The first-order chi connectivity index (χ1) is 11.1. The molecule has 0 bridgehead atoms. The van der Waals surface area contributed by atoms with Gasteiger partial charge in [0.1, 0.15) is 12.3 Å². The highest BCUT2D eigenvalue weighted by molar-refractivity contribution is 6.00. The molecule has 1 amide bonds. The average Bonchev–Trinajstić information content (AvgIpc) is 3.12. The molecule has 0 aliphatic carbocycles. The van der Waals surface area contributed by atoms with Gasteiger partial charge in [-0.25, -0.2) is 0 Å². The first-order valence-electron chi connectivity index (χ1n) is 6.75. The molecule has 0 aliphatic heterocycles. The van der Waals surface area contributed by atoms with Crippen molar-refractivity contribution in [2.45, 2.75) is 0 Å². The molecule has 1 aromatic carbocycles. The van der Waals surface area contributed by atoms with Crippen molar-refractivity contribution in [1.29, 1.82) is 0 Å². The number of Topliss-reactive ketones (excluding diaryl/α,β-unsaturated/α-hetero) is 1. The largest absolute Gasteiger partial charge is 0.496 e. The first-order valence-corrected chi connectivity index (χ1v) is 6.75. The van der Waals surface area contributed by atoms with Crippen LogP contribution in [-0.2, 0) is 9.53 Å². The number of benzene rings is 1. The van der Waals surface area contributed by atoms with Crippen molar-refractivity contribution in [3.8, 4) is 5.75 Å². The molecule has 2 aromatic rings. The van der Waals surface area contributed by atoms with Crippen molar-refractivity contribution in [3.05, 3.63) is 54.0 Å². The Hall–Kier alpha value is -3.09. The molecule has 7 nitrogen and oxygen atoms in total. The molecular formula is C16H15NO6. The van der Waals surface area contributed by atoms with Gasteiger partial charge in [0.25, 0.3) is 5.91 Å². The highest BCUT2D eigenvalue weighted by atomic mass is 16.5. The number of para-hydroxylation sites is 1. The van der Waals surface area contributed by atoms with Crippen LogP contribution in [0.3, 0.4) is 0 Å². The van der Waals surface area contributed by atoms with Crippen molar-refractivity contribution < 1.29 is 28.3 Å². The van der Waals surface area contributed by atoms with Gasteiger partial charge in [0.05, 0.1) is 18.9 Å². The molecule has 1 N–H and O–H groups in total. The summed E-state index contributed by atoms with van der Waals surface area (Å²) in [5.41, 5.74) is 0.322. The predicted molar refractivity (Wildman–Crippen MR) is 79.3 cm³/mol. The van der Waals surface area contributed by atoms with Crippen LogP contribution in [0.25, 0.3) is 0 Å². The summed E-state index contributed by atoms with van der Waals surface area (Å²) in [7, 11) is 1.45. The van der Waals surface area contributed by atoms with Gasteiger partial charge in [-0.15, -0.1) is 0 Å². The Labute approximate surface area is 132 Å². The second-order valence-corrected chi connectivity index (χ2v) is 4.44. The van der Waals surface area contributed by atoms with Gasteiger partial charge in [0, 0.05) is 0 Å². The maximum absolute atomic E-state index is 12.0. The highest BCUT2D eigenvalue weighted by Gasteiger charge is 2.15. The maximum atomic E-state index is 12.0. The molecule has 0 radical (unpaired) electrons. The molecule has 0 fully saturated rings. The van der Waals surface area contributed by atoms with Gasteiger partial charge in [-0.1, -0.05) is 12.1 Å². The van der Waals surface area contributed by atoms with Gasteiger partial charge >= 0.3 is 5.97 Å². The standard InChI is InChI=1S/C16H15NO6/c1-21-13-6-3-2-5-11(13)12(18)10-23-15(19)9-17-16(20)14-7-4-8-22-14/h2-8H,9-10H2,1H3,(H,17,20). The Bertz CT molecular complexity index is 692. The molecule has 0 aliphatic rings. The molecule has 2 rings (SSSR count). The van der Waals surface area contributed by atoms with E-state index < -0.39 is 24.3 Å². The molecule has 120 valence electrons. The molecule has 7 heteroatoms. The van der Waals surface area contributed by atoms with E-state index >= 15 is 0 Å². The minimum atomic E-state index is -0.729. The minimum absolute atomic E-state index is 0.0860. The summed E-state index contributed by atoms with van der Waals surface area (Å²) in [6.45, 7) is -0.797. The fourth-order valence-corrected chi connectivity index (χ4v) is 1.80. The Kier molecular flexibility index (Phi) is 5.51. The van der Waals surface area contributed by atoms with Crippen molar-refractivity contribution in [2.24, 2.45) is 0 Å². The van der Waals surface area contributed by atoms with Gasteiger partial charge in [-0.3, -0.25) is 14.4 Å². The quantitative estimate of drug-likeness (QED) is 0.613. The number of carbonyl (C=O) groups is 3. The molecule has 0 saturated heterocycles. The van der Waals surface area contributed by atoms with Crippen molar-refractivity contribution >= 4 is 17.7 Å². The molecule has 0 spiro atoms. The summed E-state index contributed by atoms with van der Waals surface area (Å²) in [6.07, 6.45) is 1.35. The molecule has 1 heterocycles. The van der Waals surface area contributed by atoms with E-state index in [1.54, 1.807) is 30.3 Å². The van der Waals surface area contributed by atoms with Gasteiger partial charge in [-0.2, -0.15) is 0 Å². The van der Waals surface area contributed by atoms with Crippen LogP contribution in [0.2, 0.25) is 0 Å². The molecule has 0 unspecified atom stereocenters. The maximum Gasteiger partial charge on any atom is 0.325 e. The molecular weight excluding hydrogens is 302 g/mol. The number of carbonyl (C=O) groups excluding carboxylic acids is 3. The number of methoxy groups -OCH3 is 1. The van der Waals surface area contributed by atoms with E-state index in [9.17, 15) is 14.4 Å². The summed E-state index contributed by atoms with van der Waals surface area (Å²) in [5.74, 6) is -1.17. The van der Waals surface area contributed by atoms with E-state index in [1.165, 1.54) is 19.4 Å². The summed E-state index contributed by atoms with van der Waals surface area (Å²) in [5, 5.41) is 2.33. The Morgan fingerprint density at radius 3 is 2.61 bits per heavy atom. The van der Waals surface area contributed by atoms with E-state index in [0.29, 0.717) is 11.3 Å². The van der Waals surface area contributed by atoms with Crippen LogP contribution in [0.1, 0.15) is 20.9 Å². The molecule has 23 heavy (non-hydrogen) atoms. The minimum Gasteiger partial charge on any atom is -0.496 e. The van der Waals surface area contributed by atoms with Crippen LogP contribution in [-0.4, -0.2) is 37.9 Å². The monoisotopic (exact) mass is 317 g/mol. The zero-order valence-electron chi connectivity index (χ0n) is 12.4. The van der Waals surface area contributed by atoms with Gasteiger partial charge in [0.2, 0.25) is 5.78 Å². The third-order valence-electron chi connectivity index (χ3n) is 2.91. The van der Waals surface area contributed by atoms with Crippen LogP contribution in [0, 0.1) is 0 Å². The van der Waals surface area contributed by atoms with Gasteiger partial charge in [-0.05, 0) is 24.3 Å². The number of hydrogen-bond acceptors (Lipinski definition) is 6. The lowest BCUT2D eigenvalue weighted by atomic mass is 10.1. The first kappa shape index (κ1) is 16.3. The summed E-state index contributed by atoms with van der Waals surface area (Å²) >= 11 is 0. The van der Waals surface area contributed by atoms with E-state index in [-0.39, 0.29) is 12.3 Å². The second-order valence-electron chi connectivity index (χ2n) is 4.44. The van der Waals surface area contributed by atoms with Crippen molar-refractivity contribution in [1.82, 2.24) is 5.32 Å². The molecule has 1 aromatic heterocycles. The number of ether oxygens (including phenoxy) is 2. The van der Waals surface area contributed by atoms with Crippen molar-refractivity contribution in [3.63, 3.8) is 0 Å². The summed E-state index contributed by atoms with van der Waals surface area (Å²) in [6, 6.07) is 9.64. The number of ketones is 1. The number of amides is 1. The third kappa shape index (κ3) is 4.44. The number of furan rings is 1. The average molecular weight is 317 g/mol. The SMILES string of the molecule is COc1ccccc1C(=O)COC(=O)CNC(=O)c1ccco1. The normalized spacial score (nSPS) is 9.96. The van der Waals surface area contributed by atoms with Gasteiger partial charge < -0.3 is 19.2 Å². The van der Waals surface area contributed by atoms with Crippen LogP contribution >= 0.6 is 0 Å². The zero-order valence-corrected chi connectivity index (χ0v) is 12.4. The van der Waals surface area contributed by atoms with Crippen LogP contribution < -0.4 is 10.1 Å². The van der Waals surface area contributed by atoms with Crippen LogP contribution in [0.4, 0.5) is 0 Å². The molecule has 0 atom stereocenters. The van der Waals surface area contributed by atoms with E-state index in [0.717, 1.165) is 0 Å². The van der Waals surface area contributed by atoms with E-state index in [1.807, 2.05) is 0 Å². The predicted octanol–water partition coefficient (Wildman–Crippen LogP) is 1.44. The Balaban J connectivity index is 1.80. The summed E-state index contributed by atoms with van der Waals surface area (Å²) in [4.78, 5) is 35.1. The fraction of sp³-hybridized carbons (Fsp3) is 0.188. The Morgan fingerprint density at radius 1 is 1.13 bits per heavy atom. The summed E-state index contributed by atoms with van der Waals surface area (Å²) < 4.78 is 14.8. The molecule has 0 saturated carbocycles.